The van der Waals surface area contributed by atoms with Gasteiger partial charge in [0.05, 0.1) is 31.7 Å². The predicted octanol–water partition coefficient (Wildman–Crippen LogP) is 0.104. The first-order valence-corrected chi connectivity index (χ1v) is 7.71. The van der Waals surface area contributed by atoms with E-state index in [0.29, 0.717) is 31.1 Å². The van der Waals surface area contributed by atoms with Gasteiger partial charge >= 0.3 is 0 Å². The minimum Gasteiger partial charge on any atom is -0.399 e. The van der Waals surface area contributed by atoms with Gasteiger partial charge in [-0.05, 0) is 17.7 Å². The monoisotopic (exact) mass is 286 g/mol. The van der Waals surface area contributed by atoms with Gasteiger partial charge < -0.3 is 15.2 Å². The quantitative estimate of drug-likeness (QED) is 0.749. The summed E-state index contributed by atoms with van der Waals surface area (Å²) < 4.78 is 36.9. The first kappa shape index (κ1) is 14.3. The number of benzene rings is 1. The Morgan fingerprint density at radius 3 is 2.89 bits per heavy atom. The lowest BCUT2D eigenvalue weighted by Crippen LogP contribution is -2.40. The van der Waals surface area contributed by atoms with Gasteiger partial charge in [-0.2, -0.15) is 0 Å². The third-order valence-electron chi connectivity index (χ3n) is 2.72. The summed E-state index contributed by atoms with van der Waals surface area (Å²) in [5.41, 5.74) is 6.83. The van der Waals surface area contributed by atoms with Crippen molar-refractivity contribution in [2.75, 3.05) is 32.1 Å². The molecule has 0 aromatic heterocycles. The summed E-state index contributed by atoms with van der Waals surface area (Å²) in [6.07, 6.45) is -0.218. The van der Waals surface area contributed by atoms with Crippen molar-refractivity contribution in [2.24, 2.45) is 0 Å². The van der Waals surface area contributed by atoms with Crippen LogP contribution in [0.25, 0.3) is 0 Å². The molecule has 0 aliphatic carbocycles. The highest BCUT2D eigenvalue weighted by molar-refractivity contribution is 7.88. The zero-order valence-electron chi connectivity index (χ0n) is 10.5. The van der Waals surface area contributed by atoms with Gasteiger partial charge in [-0.25, -0.2) is 13.1 Å². The first-order valence-electron chi connectivity index (χ1n) is 6.06. The summed E-state index contributed by atoms with van der Waals surface area (Å²) in [6, 6.07) is 6.84. The van der Waals surface area contributed by atoms with Gasteiger partial charge in [-0.1, -0.05) is 12.1 Å². The Kier molecular flexibility index (Phi) is 4.76. The smallest absolute Gasteiger partial charge is 0.215 e. The summed E-state index contributed by atoms with van der Waals surface area (Å²) in [5.74, 6) is -0.0916. The van der Waals surface area contributed by atoms with Gasteiger partial charge in [0.15, 0.2) is 0 Å². The van der Waals surface area contributed by atoms with Crippen LogP contribution in [0.5, 0.6) is 0 Å². The number of sulfonamides is 1. The molecule has 0 radical (unpaired) electrons. The Morgan fingerprint density at radius 1 is 1.37 bits per heavy atom. The number of anilines is 1. The van der Waals surface area contributed by atoms with Crippen molar-refractivity contribution in [1.82, 2.24) is 4.72 Å². The standard InChI is InChI=1S/C12H18N2O4S/c13-11-3-1-2-10(6-11)9-19(15,16)14-7-12-8-17-4-5-18-12/h1-3,6,12,14H,4-5,7-9,13H2. The molecule has 1 unspecified atom stereocenters. The van der Waals surface area contributed by atoms with Crippen molar-refractivity contribution in [2.45, 2.75) is 11.9 Å². The maximum absolute atomic E-state index is 11.9. The van der Waals surface area contributed by atoms with Gasteiger partial charge in [0, 0.05) is 12.2 Å². The molecular weight excluding hydrogens is 268 g/mol. The van der Waals surface area contributed by atoms with Crippen LogP contribution < -0.4 is 10.5 Å². The van der Waals surface area contributed by atoms with E-state index in [1.54, 1.807) is 24.3 Å². The van der Waals surface area contributed by atoms with Crippen molar-refractivity contribution < 1.29 is 17.9 Å². The van der Waals surface area contributed by atoms with Crippen LogP contribution in [0.1, 0.15) is 5.56 Å². The molecule has 2 rings (SSSR count). The minimum absolute atomic E-state index is 0.0916. The Hall–Kier alpha value is -1.15. The Bertz CT molecular complexity index is 512. The molecule has 1 aromatic carbocycles. The molecule has 3 N–H and O–H groups in total. The Balaban J connectivity index is 1.87. The van der Waals surface area contributed by atoms with E-state index in [2.05, 4.69) is 4.72 Å². The van der Waals surface area contributed by atoms with Crippen molar-refractivity contribution in [3.63, 3.8) is 0 Å². The Labute approximate surface area is 112 Å². The van der Waals surface area contributed by atoms with Crippen molar-refractivity contribution >= 4 is 15.7 Å². The van der Waals surface area contributed by atoms with E-state index in [1.165, 1.54) is 0 Å². The van der Waals surface area contributed by atoms with Gasteiger partial charge in [0.2, 0.25) is 10.0 Å². The topological polar surface area (TPSA) is 90.7 Å². The molecule has 19 heavy (non-hydrogen) atoms. The van der Waals surface area contributed by atoms with E-state index in [4.69, 9.17) is 15.2 Å². The Morgan fingerprint density at radius 2 is 2.21 bits per heavy atom. The van der Waals surface area contributed by atoms with Crippen molar-refractivity contribution in [3.8, 4) is 0 Å². The molecule has 106 valence electrons. The fourth-order valence-corrected chi connectivity index (χ4v) is 2.99. The number of hydrogen-bond donors (Lipinski definition) is 2. The number of ether oxygens (including phenoxy) is 2. The van der Waals surface area contributed by atoms with Gasteiger partial charge in [-0.15, -0.1) is 0 Å². The summed E-state index contributed by atoms with van der Waals surface area (Å²) in [4.78, 5) is 0. The van der Waals surface area contributed by atoms with Crippen LogP contribution in [0.4, 0.5) is 5.69 Å². The third kappa shape index (κ3) is 4.79. The van der Waals surface area contributed by atoms with Crippen molar-refractivity contribution in [3.05, 3.63) is 29.8 Å². The van der Waals surface area contributed by atoms with Crippen LogP contribution in [0.2, 0.25) is 0 Å². The fourth-order valence-electron chi connectivity index (χ4n) is 1.83. The van der Waals surface area contributed by atoms with E-state index in [0.717, 1.165) is 0 Å². The highest BCUT2D eigenvalue weighted by Crippen LogP contribution is 2.10. The highest BCUT2D eigenvalue weighted by atomic mass is 32.2. The van der Waals surface area contributed by atoms with E-state index < -0.39 is 10.0 Å². The molecule has 0 spiro atoms. The predicted molar refractivity (Wildman–Crippen MR) is 72.0 cm³/mol. The van der Waals surface area contributed by atoms with E-state index in [9.17, 15) is 8.42 Å². The molecule has 1 atom stereocenters. The lowest BCUT2D eigenvalue weighted by molar-refractivity contribution is -0.0847. The maximum atomic E-state index is 11.9. The number of nitrogens with two attached hydrogens (primary N) is 1. The zero-order chi connectivity index (χ0) is 13.7. The summed E-state index contributed by atoms with van der Waals surface area (Å²) in [7, 11) is -3.39. The SMILES string of the molecule is Nc1cccc(CS(=O)(=O)NCC2COCCO2)c1. The molecule has 1 aliphatic rings. The van der Waals surface area contributed by atoms with Crippen LogP contribution >= 0.6 is 0 Å². The fraction of sp³-hybridized carbons (Fsp3) is 0.500. The zero-order valence-corrected chi connectivity index (χ0v) is 11.4. The molecule has 1 saturated heterocycles. The molecule has 7 heteroatoms. The van der Waals surface area contributed by atoms with E-state index in [-0.39, 0.29) is 18.4 Å². The van der Waals surface area contributed by atoms with Crippen molar-refractivity contribution in [1.29, 1.82) is 0 Å². The minimum atomic E-state index is -3.39. The van der Waals surface area contributed by atoms with Crippen LogP contribution in [0, 0.1) is 0 Å². The molecule has 1 fully saturated rings. The molecule has 1 aliphatic heterocycles. The number of rotatable bonds is 5. The number of nitrogen functional groups attached to an aromatic ring is 1. The molecule has 0 amide bonds. The molecule has 1 heterocycles. The number of hydrogen-bond acceptors (Lipinski definition) is 5. The average Bonchev–Trinajstić information content (AvgIpc) is 2.37. The highest BCUT2D eigenvalue weighted by Gasteiger charge is 2.18. The lowest BCUT2D eigenvalue weighted by atomic mass is 10.2. The second-order valence-electron chi connectivity index (χ2n) is 4.42. The second-order valence-corrected chi connectivity index (χ2v) is 6.23. The summed E-state index contributed by atoms with van der Waals surface area (Å²) in [5, 5.41) is 0. The van der Waals surface area contributed by atoms with E-state index in [1.807, 2.05) is 0 Å². The van der Waals surface area contributed by atoms with Crippen LogP contribution in [0.3, 0.4) is 0 Å². The van der Waals surface area contributed by atoms with Gasteiger partial charge in [0.1, 0.15) is 0 Å². The third-order valence-corrected chi connectivity index (χ3v) is 4.04. The summed E-state index contributed by atoms with van der Waals surface area (Å²) in [6.45, 7) is 1.71. The molecule has 0 bridgehead atoms. The molecule has 6 nitrogen and oxygen atoms in total. The maximum Gasteiger partial charge on any atom is 0.215 e. The molecule has 0 saturated carbocycles. The van der Waals surface area contributed by atoms with Gasteiger partial charge in [-0.3, -0.25) is 0 Å². The average molecular weight is 286 g/mol. The van der Waals surface area contributed by atoms with Gasteiger partial charge in [0.25, 0.3) is 0 Å². The van der Waals surface area contributed by atoms with E-state index >= 15 is 0 Å². The summed E-state index contributed by atoms with van der Waals surface area (Å²) >= 11 is 0. The second kappa shape index (κ2) is 6.33. The van der Waals surface area contributed by atoms with Crippen LogP contribution in [0.15, 0.2) is 24.3 Å². The van der Waals surface area contributed by atoms with Crippen LogP contribution in [-0.4, -0.2) is 40.9 Å². The molecular formula is C12H18N2O4S. The van der Waals surface area contributed by atoms with Crippen LogP contribution in [-0.2, 0) is 25.2 Å². The lowest BCUT2D eigenvalue weighted by Gasteiger charge is -2.23. The largest absolute Gasteiger partial charge is 0.399 e. The first-order chi connectivity index (χ1) is 9.05. The number of nitrogens with one attached hydrogen (secondary N) is 1. The normalized spacial score (nSPS) is 20.3. The molecule has 1 aromatic rings.